The Morgan fingerprint density at radius 3 is 1.41 bits per heavy atom. The van der Waals surface area contributed by atoms with Crippen LogP contribution in [0.5, 0.6) is 0 Å². The highest BCUT2D eigenvalue weighted by Gasteiger charge is 2.26. The van der Waals surface area contributed by atoms with Crippen molar-refractivity contribution in [3.05, 3.63) is 83.9 Å². The molecule has 200 valence electrons. The van der Waals surface area contributed by atoms with Crippen LogP contribution in [0.4, 0.5) is 0 Å². The summed E-state index contributed by atoms with van der Waals surface area (Å²) in [6.45, 7) is 20.8. The molecule has 0 aliphatic carbocycles. The van der Waals surface area contributed by atoms with Crippen LogP contribution < -0.4 is 0 Å². The zero-order valence-electron chi connectivity index (χ0n) is 23.3. The number of hydrogen-bond donors (Lipinski definition) is 0. The second kappa shape index (κ2) is 13.4. The molecule has 0 heterocycles. The van der Waals surface area contributed by atoms with Crippen molar-refractivity contribution >= 4 is 23.1 Å². The lowest BCUT2D eigenvalue weighted by Crippen LogP contribution is -2.25. The summed E-state index contributed by atoms with van der Waals surface area (Å²) >= 11 is 0. The monoisotopic (exact) mass is 506 g/mol. The smallest absolute Gasteiger partial charge is 0.306 e. The predicted molar refractivity (Wildman–Crippen MR) is 150 cm³/mol. The molecule has 0 atom stereocenters. The van der Waals surface area contributed by atoms with Crippen LogP contribution in [-0.4, -0.2) is 38.4 Å². The first-order valence-electron chi connectivity index (χ1n) is 12.7. The molecule has 0 radical (unpaired) electrons. The van der Waals surface area contributed by atoms with Gasteiger partial charge in [0.1, 0.15) is 13.2 Å². The molecule has 0 N–H and O–H groups in total. The summed E-state index contributed by atoms with van der Waals surface area (Å²) in [5, 5.41) is 0. The Hall–Kier alpha value is -3.18. The van der Waals surface area contributed by atoms with E-state index in [1.54, 1.807) is 0 Å². The van der Waals surface area contributed by atoms with Gasteiger partial charge in [-0.25, -0.2) is 0 Å². The fraction of sp³-hybridized carbons (Fsp3) is 0.438. The highest BCUT2D eigenvalue weighted by atomic mass is 16.6. The number of ether oxygens (including phenoxy) is 3. The Morgan fingerprint density at radius 1 is 0.676 bits per heavy atom. The second-order valence-electron chi connectivity index (χ2n) is 10.9. The average molecular weight is 507 g/mol. The first-order valence-corrected chi connectivity index (χ1v) is 12.7. The minimum atomic E-state index is -0.364. The van der Waals surface area contributed by atoms with Crippen LogP contribution >= 0.6 is 0 Å². The van der Waals surface area contributed by atoms with Gasteiger partial charge in [0.15, 0.2) is 0 Å². The molecule has 5 nitrogen and oxygen atoms in total. The minimum absolute atomic E-state index is 0.154. The van der Waals surface area contributed by atoms with E-state index >= 15 is 0 Å². The van der Waals surface area contributed by atoms with Crippen molar-refractivity contribution in [2.24, 2.45) is 0 Å². The first-order chi connectivity index (χ1) is 17.3. The molecule has 2 aromatic rings. The molecule has 5 heteroatoms. The largest absolute Gasteiger partial charge is 0.463 e. The lowest BCUT2D eigenvalue weighted by atomic mass is 9.80. The van der Waals surface area contributed by atoms with Crippen LogP contribution in [0.1, 0.15) is 76.6 Å². The van der Waals surface area contributed by atoms with Gasteiger partial charge in [0, 0.05) is 10.8 Å². The van der Waals surface area contributed by atoms with Gasteiger partial charge in [-0.05, 0) is 36.1 Å². The molecule has 0 unspecified atom stereocenters. The lowest BCUT2D eigenvalue weighted by molar-refractivity contribution is -0.147. The maximum atomic E-state index is 12.4. The SMILES string of the molecule is C=C(C)c1cccc(C(C)(C)CC(=O)OCCOCCOC(=O)CC(C)(C)c2cccc(C(=C)C)c2)c1. The second-order valence-corrected chi connectivity index (χ2v) is 10.9. The van der Waals surface area contributed by atoms with Crippen LogP contribution in [0, 0.1) is 0 Å². The lowest BCUT2D eigenvalue weighted by Gasteiger charge is -2.25. The number of carbonyl (C=O) groups excluding carboxylic acids is 2. The quantitative estimate of drug-likeness (QED) is 0.206. The van der Waals surface area contributed by atoms with Crippen molar-refractivity contribution in [1.29, 1.82) is 0 Å². The Labute approximate surface area is 222 Å². The fourth-order valence-corrected chi connectivity index (χ4v) is 3.97. The van der Waals surface area contributed by atoms with E-state index in [-0.39, 0.29) is 62.0 Å². The molecular weight excluding hydrogens is 464 g/mol. The summed E-state index contributed by atoms with van der Waals surface area (Å²) < 4.78 is 16.2. The molecule has 0 aliphatic rings. The third-order valence-electron chi connectivity index (χ3n) is 6.43. The minimum Gasteiger partial charge on any atom is -0.463 e. The van der Waals surface area contributed by atoms with Crippen LogP contribution in [0.15, 0.2) is 61.7 Å². The number of benzene rings is 2. The number of esters is 2. The number of rotatable bonds is 14. The normalized spacial score (nSPS) is 11.6. The van der Waals surface area contributed by atoms with E-state index in [0.717, 1.165) is 33.4 Å². The predicted octanol–water partition coefficient (Wildman–Crippen LogP) is 6.89. The molecule has 0 aromatic heterocycles. The number of hydrogen-bond acceptors (Lipinski definition) is 5. The Morgan fingerprint density at radius 2 is 1.05 bits per heavy atom. The highest BCUT2D eigenvalue weighted by molar-refractivity contribution is 5.72. The van der Waals surface area contributed by atoms with Gasteiger partial charge in [0.05, 0.1) is 26.1 Å². The van der Waals surface area contributed by atoms with Crippen LogP contribution in [0.2, 0.25) is 0 Å². The van der Waals surface area contributed by atoms with E-state index < -0.39 is 0 Å². The highest BCUT2D eigenvalue weighted by Crippen LogP contribution is 2.30. The molecule has 0 saturated heterocycles. The molecule has 2 aromatic carbocycles. The Bertz CT molecular complexity index is 1020. The number of allylic oxidation sites excluding steroid dienone is 2. The molecule has 0 saturated carbocycles. The molecular formula is C32H42O5. The van der Waals surface area contributed by atoms with Gasteiger partial charge in [-0.1, -0.05) is 101 Å². The van der Waals surface area contributed by atoms with Crippen molar-refractivity contribution in [1.82, 2.24) is 0 Å². The molecule has 2 rings (SSSR count). The summed E-state index contributed by atoms with van der Waals surface area (Å²) in [7, 11) is 0. The summed E-state index contributed by atoms with van der Waals surface area (Å²) in [6.07, 6.45) is 0.518. The van der Waals surface area contributed by atoms with Gasteiger partial charge in [-0.15, -0.1) is 0 Å². The summed E-state index contributed by atoms with van der Waals surface area (Å²) in [5.74, 6) is -0.558. The van der Waals surface area contributed by atoms with Gasteiger partial charge >= 0.3 is 11.9 Å². The van der Waals surface area contributed by atoms with Crippen LogP contribution in [0.3, 0.4) is 0 Å². The van der Waals surface area contributed by atoms with Gasteiger partial charge in [0.2, 0.25) is 0 Å². The molecule has 0 spiro atoms. The van der Waals surface area contributed by atoms with E-state index in [4.69, 9.17) is 14.2 Å². The van der Waals surface area contributed by atoms with Crippen LogP contribution in [0.25, 0.3) is 11.1 Å². The summed E-state index contributed by atoms with van der Waals surface area (Å²) in [4.78, 5) is 24.7. The van der Waals surface area contributed by atoms with E-state index in [2.05, 4.69) is 25.3 Å². The van der Waals surface area contributed by atoms with Gasteiger partial charge in [-0.2, -0.15) is 0 Å². The zero-order valence-corrected chi connectivity index (χ0v) is 23.3. The van der Waals surface area contributed by atoms with Gasteiger partial charge in [0.25, 0.3) is 0 Å². The van der Waals surface area contributed by atoms with Crippen molar-refractivity contribution in [3.63, 3.8) is 0 Å². The van der Waals surface area contributed by atoms with Crippen molar-refractivity contribution in [2.45, 2.75) is 65.2 Å². The molecule has 0 fully saturated rings. The van der Waals surface area contributed by atoms with Gasteiger partial charge in [-0.3, -0.25) is 9.59 Å². The van der Waals surface area contributed by atoms with E-state index in [0.29, 0.717) is 0 Å². The van der Waals surface area contributed by atoms with Gasteiger partial charge < -0.3 is 14.2 Å². The maximum Gasteiger partial charge on any atom is 0.306 e. The maximum absolute atomic E-state index is 12.4. The third kappa shape index (κ3) is 9.66. The zero-order chi connectivity index (χ0) is 27.6. The fourth-order valence-electron chi connectivity index (χ4n) is 3.97. The molecule has 37 heavy (non-hydrogen) atoms. The van der Waals surface area contributed by atoms with E-state index in [1.165, 1.54) is 0 Å². The molecule has 0 bridgehead atoms. The standard InChI is InChI=1S/C32H42O5/c1-23(2)25-11-9-13-27(19-25)31(5,6)21-29(33)36-17-15-35-16-18-37-30(34)22-32(7,8)28-14-10-12-26(20-28)24(3)4/h9-14,19-20H,1,3,15-18,21-22H2,2,4-8H3. The molecule has 0 aliphatic heterocycles. The van der Waals surface area contributed by atoms with Crippen LogP contribution in [-0.2, 0) is 34.6 Å². The Balaban J connectivity index is 1.67. The van der Waals surface area contributed by atoms with E-state index in [1.807, 2.05) is 77.9 Å². The summed E-state index contributed by atoms with van der Waals surface area (Å²) in [5.41, 5.74) is 5.50. The third-order valence-corrected chi connectivity index (χ3v) is 6.43. The topological polar surface area (TPSA) is 61.8 Å². The Kier molecular flexibility index (Phi) is 10.9. The van der Waals surface area contributed by atoms with E-state index in [9.17, 15) is 9.59 Å². The molecule has 0 amide bonds. The first kappa shape index (κ1) is 30.0. The van der Waals surface area contributed by atoms with Crippen molar-refractivity contribution < 1.29 is 23.8 Å². The summed E-state index contributed by atoms with van der Waals surface area (Å²) in [6, 6.07) is 16.2. The van der Waals surface area contributed by atoms with Crippen molar-refractivity contribution in [3.8, 4) is 0 Å². The number of carbonyl (C=O) groups is 2. The average Bonchev–Trinajstić information content (AvgIpc) is 2.83. The van der Waals surface area contributed by atoms with Crippen molar-refractivity contribution in [2.75, 3.05) is 26.4 Å².